The maximum absolute atomic E-state index is 13.0. The molecule has 2 heterocycles. The van der Waals surface area contributed by atoms with Gasteiger partial charge in [-0.2, -0.15) is 0 Å². The molecule has 31 heavy (non-hydrogen) atoms. The smallest absolute Gasteiger partial charge is 0.252 e. The van der Waals surface area contributed by atoms with Crippen molar-refractivity contribution in [1.82, 2.24) is 15.5 Å². The van der Waals surface area contributed by atoms with Gasteiger partial charge in [0.1, 0.15) is 18.1 Å². The lowest BCUT2D eigenvalue weighted by Crippen LogP contribution is -2.29. The van der Waals surface area contributed by atoms with Gasteiger partial charge in [-0.1, -0.05) is 35.5 Å². The van der Waals surface area contributed by atoms with Gasteiger partial charge in [0, 0.05) is 18.0 Å². The Morgan fingerprint density at radius 3 is 2.29 bits per heavy atom. The van der Waals surface area contributed by atoms with Crippen LogP contribution in [-0.2, 0) is 6.61 Å². The van der Waals surface area contributed by atoms with Crippen LogP contribution in [0.3, 0.4) is 0 Å². The molecule has 4 rings (SSSR count). The first-order chi connectivity index (χ1) is 15.1. The van der Waals surface area contributed by atoms with Crippen molar-refractivity contribution in [1.29, 1.82) is 0 Å². The Labute approximate surface area is 180 Å². The summed E-state index contributed by atoms with van der Waals surface area (Å²) in [7, 11) is 0. The number of ether oxygens (including phenoxy) is 1. The monoisotopic (exact) mass is 413 g/mol. The van der Waals surface area contributed by atoms with Crippen LogP contribution in [0.2, 0.25) is 0 Å². The molecular formula is C25H23N3O3. The van der Waals surface area contributed by atoms with Crippen LogP contribution >= 0.6 is 0 Å². The number of rotatable bonds is 7. The van der Waals surface area contributed by atoms with E-state index in [1.807, 2.05) is 56.3 Å². The lowest BCUT2D eigenvalue weighted by molar-refractivity contribution is 0.0943. The summed E-state index contributed by atoms with van der Waals surface area (Å²) in [5.41, 5.74) is 4.27. The molecule has 6 nitrogen and oxygen atoms in total. The third-order valence-corrected chi connectivity index (χ3v) is 5.13. The van der Waals surface area contributed by atoms with Gasteiger partial charge in [-0.3, -0.25) is 9.78 Å². The second-order valence-electron chi connectivity index (χ2n) is 7.21. The first-order valence-corrected chi connectivity index (χ1v) is 10.0. The first-order valence-electron chi connectivity index (χ1n) is 10.0. The van der Waals surface area contributed by atoms with Crippen molar-refractivity contribution in [2.45, 2.75) is 26.5 Å². The fraction of sp³-hybridized carbons (Fsp3) is 0.160. The van der Waals surface area contributed by atoms with Gasteiger partial charge in [-0.25, -0.2) is 0 Å². The Bertz CT molecular complexity index is 1080. The molecule has 4 aromatic rings. The number of benzene rings is 2. The van der Waals surface area contributed by atoms with Gasteiger partial charge in [0.2, 0.25) is 0 Å². The van der Waals surface area contributed by atoms with Crippen LogP contribution < -0.4 is 10.1 Å². The molecule has 1 N–H and O–H groups in total. The average molecular weight is 413 g/mol. The average Bonchev–Trinajstić information content (AvgIpc) is 3.14. The van der Waals surface area contributed by atoms with Gasteiger partial charge in [0.05, 0.1) is 17.3 Å². The Balaban J connectivity index is 1.47. The Hall–Kier alpha value is -3.93. The molecule has 2 aromatic carbocycles. The topological polar surface area (TPSA) is 77.2 Å². The zero-order valence-corrected chi connectivity index (χ0v) is 17.4. The van der Waals surface area contributed by atoms with E-state index < -0.39 is 0 Å². The van der Waals surface area contributed by atoms with Crippen LogP contribution in [0.1, 0.15) is 44.5 Å². The summed E-state index contributed by atoms with van der Waals surface area (Å²) < 4.78 is 11.0. The first kappa shape index (κ1) is 20.3. The van der Waals surface area contributed by atoms with E-state index >= 15 is 0 Å². The number of hydrogen-bond donors (Lipinski definition) is 1. The third-order valence-electron chi connectivity index (χ3n) is 5.13. The van der Waals surface area contributed by atoms with E-state index in [1.165, 1.54) is 0 Å². The van der Waals surface area contributed by atoms with E-state index in [0.717, 1.165) is 28.1 Å². The van der Waals surface area contributed by atoms with E-state index in [-0.39, 0.29) is 11.9 Å². The maximum Gasteiger partial charge on any atom is 0.252 e. The van der Waals surface area contributed by atoms with Gasteiger partial charge in [-0.15, -0.1) is 0 Å². The molecule has 0 saturated carbocycles. The SMILES string of the molecule is Cc1noc(C)c1COc1ccc(C(=O)NC(c2ccccc2)c2ccncc2)cc1. The molecule has 0 spiro atoms. The zero-order chi connectivity index (χ0) is 21.6. The van der Waals surface area contributed by atoms with Crippen molar-refractivity contribution in [2.24, 2.45) is 0 Å². The van der Waals surface area contributed by atoms with Gasteiger partial charge in [0.15, 0.2) is 0 Å². The molecule has 1 unspecified atom stereocenters. The Kier molecular flexibility index (Phi) is 6.08. The molecule has 156 valence electrons. The molecular weight excluding hydrogens is 390 g/mol. The number of nitrogens with one attached hydrogen (secondary N) is 1. The van der Waals surface area contributed by atoms with E-state index in [2.05, 4.69) is 15.5 Å². The summed E-state index contributed by atoms with van der Waals surface area (Å²) in [4.78, 5) is 17.0. The second kappa shape index (κ2) is 9.26. The fourth-order valence-electron chi connectivity index (χ4n) is 3.34. The van der Waals surface area contributed by atoms with Gasteiger partial charge in [0.25, 0.3) is 5.91 Å². The van der Waals surface area contributed by atoms with E-state index in [4.69, 9.17) is 9.26 Å². The number of amides is 1. The van der Waals surface area contributed by atoms with Crippen molar-refractivity contribution < 1.29 is 14.1 Å². The highest BCUT2D eigenvalue weighted by Crippen LogP contribution is 2.23. The van der Waals surface area contributed by atoms with Crippen LogP contribution in [0.15, 0.2) is 83.6 Å². The molecule has 2 aromatic heterocycles. The number of carbonyl (C=O) groups is 1. The molecule has 0 bridgehead atoms. The molecule has 1 amide bonds. The van der Waals surface area contributed by atoms with Gasteiger partial charge in [-0.05, 0) is 61.4 Å². The van der Waals surface area contributed by atoms with Crippen LogP contribution in [0.5, 0.6) is 5.75 Å². The van der Waals surface area contributed by atoms with E-state index in [1.54, 1.807) is 36.7 Å². The lowest BCUT2D eigenvalue weighted by Gasteiger charge is -2.20. The van der Waals surface area contributed by atoms with Crippen molar-refractivity contribution in [3.63, 3.8) is 0 Å². The lowest BCUT2D eigenvalue weighted by atomic mass is 9.99. The summed E-state index contributed by atoms with van der Waals surface area (Å²) in [5, 5.41) is 7.06. The van der Waals surface area contributed by atoms with Crippen molar-refractivity contribution in [2.75, 3.05) is 0 Å². The highest BCUT2D eigenvalue weighted by molar-refractivity contribution is 5.94. The molecule has 6 heteroatoms. The number of nitrogens with zero attached hydrogens (tertiary/aromatic N) is 2. The highest BCUT2D eigenvalue weighted by Gasteiger charge is 2.18. The number of aryl methyl sites for hydroxylation is 2. The summed E-state index contributed by atoms with van der Waals surface area (Å²) in [5.74, 6) is 1.25. The van der Waals surface area contributed by atoms with Crippen LogP contribution in [0, 0.1) is 13.8 Å². The molecule has 0 radical (unpaired) electrons. The largest absolute Gasteiger partial charge is 0.489 e. The number of aromatic nitrogens is 2. The standard InChI is InChI=1S/C25H23N3O3/c1-17-23(18(2)31-28-17)16-30-22-10-8-21(9-11-22)25(29)27-24(19-6-4-3-5-7-19)20-12-14-26-15-13-20/h3-15,24H,16H2,1-2H3,(H,27,29). The Morgan fingerprint density at radius 1 is 0.968 bits per heavy atom. The number of pyridine rings is 1. The predicted molar refractivity (Wildman–Crippen MR) is 117 cm³/mol. The number of hydrogen-bond acceptors (Lipinski definition) is 5. The highest BCUT2D eigenvalue weighted by atomic mass is 16.5. The summed E-state index contributed by atoms with van der Waals surface area (Å²) in [6, 6.07) is 20.5. The maximum atomic E-state index is 13.0. The molecule has 0 aliphatic rings. The summed E-state index contributed by atoms with van der Waals surface area (Å²) in [6.45, 7) is 4.11. The normalized spacial score (nSPS) is 11.7. The van der Waals surface area contributed by atoms with Crippen LogP contribution in [-0.4, -0.2) is 16.0 Å². The zero-order valence-electron chi connectivity index (χ0n) is 17.4. The van der Waals surface area contributed by atoms with E-state index in [9.17, 15) is 4.79 Å². The minimum Gasteiger partial charge on any atom is -0.489 e. The minimum absolute atomic E-state index is 0.164. The summed E-state index contributed by atoms with van der Waals surface area (Å²) in [6.07, 6.45) is 3.45. The quantitative estimate of drug-likeness (QED) is 0.472. The predicted octanol–water partition coefficient (Wildman–Crippen LogP) is 4.78. The van der Waals surface area contributed by atoms with Gasteiger partial charge >= 0.3 is 0 Å². The molecule has 1 atom stereocenters. The minimum atomic E-state index is -0.271. The molecule has 0 fully saturated rings. The number of carbonyl (C=O) groups excluding carboxylic acids is 1. The fourth-order valence-corrected chi connectivity index (χ4v) is 3.34. The van der Waals surface area contributed by atoms with Crippen LogP contribution in [0.25, 0.3) is 0 Å². The molecule has 0 aliphatic heterocycles. The van der Waals surface area contributed by atoms with Crippen molar-refractivity contribution >= 4 is 5.91 Å². The van der Waals surface area contributed by atoms with Gasteiger partial charge < -0.3 is 14.6 Å². The summed E-state index contributed by atoms with van der Waals surface area (Å²) >= 11 is 0. The van der Waals surface area contributed by atoms with E-state index in [0.29, 0.717) is 17.9 Å². The van der Waals surface area contributed by atoms with Crippen molar-refractivity contribution in [3.05, 3.63) is 113 Å². The molecule has 0 saturated heterocycles. The third kappa shape index (κ3) is 4.80. The molecule has 0 aliphatic carbocycles. The van der Waals surface area contributed by atoms with Crippen molar-refractivity contribution in [3.8, 4) is 5.75 Å². The second-order valence-corrected chi connectivity index (χ2v) is 7.21. The Morgan fingerprint density at radius 2 is 1.65 bits per heavy atom. The van der Waals surface area contributed by atoms with Crippen LogP contribution in [0.4, 0.5) is 0 Å².